The maximum atomic E-state index is 10.7. The maximum Gasteiger partial charge on any atom is 0.148 e. The molecule has 0 aromatic carbocycles. The molecule has 2 aliphatic rings. The molecule has 0 aromatic heterocycles. The minimum absolute atomic E-state index is 0.0797. The highest BCUT2D eigenvalue weighted by atomic mass is 16.5. The largest absolute Gasteiger partial charge is 0.364 e. The molecule has 1 heterocycles. The highest BCUT2D eigenvalue weighted by Crippen LogP contribution is 2.41. The maximum absolute atomic E-state index is 10.7. The van der Waals surface area contributed by atoms with Crippen molar-refractivity contribution in [2.75, 3.05) is 0 Å². The van der Waals surface area contributed by atoms with Crippen LogP contribution in [-0.2, 0) is 9.53 Å². The van der Waals surface area contributed by atoms with E-state index in [1.165, 1.54) is 32.1 Å². The predicted octanol–water partition coefficient (Wildman–Crippen LogP) is 2.70. The molecule has 0 amide bonds. The summed E-state index contributed by atoms with van der Waals surface area (Å²) in [4.78, 5) is 10.7. The Balaban J connectivity index is 1.98. The molecule has 1 aliphatic heterocycles. The van der Waals surface area contributed by atoms with Crippen LogP contribution in [-0.4, -0.2) is 18.0 Å². The van der Waals surface area contributed by atoms with Crippen LogP contribution in [0.4, 0.5) is 0 Å². The van der Waals surface area contributed by atoms with Crippen LogP contribution in [0, 0.1) is 5.92 Å². The molecule has 3 unspecified atom stereocenters. The van der Waals surface area contributed by atoms with Gasteiger partial charge >= 0.3 is 0 Å². The van der Waals surface area contributed by atoms with Gasteiger partial charge in [-0.15, -0.1) is 0 Å². The normalized spacial score (nSPS) is 43.8. The van der Waals surface area contributed by atoms with E-state index in [2.05, 4.69) is 6.92 Å². The fourth-order valence-electron chi connectivity index (χ4n) is 2.86. The first-order chi connectivity index (χ1) is 6.74. The van der Waals surface area contributed by atoms with Gasteiger partial charge in [-0.3, -0.25) is 0 Å². The molecule has 0 N–H and O–H groups in total. The molecule has 2 fully saturated rings. The third-order valence-corrected chi connectivity index (χ3v) is 3.86. The zero-order valence-electron chi connectivity index (χ0n) is 9.00. The molecule has 1 aliphatic carbocycles. The molecular formula is C12H20O2. The Bertz CT molecular complexity index is 214. The van der Waals surface area contributed by atoms with Crippen molar-refractivity contribution in [3.63, 3.8) is 0 Å². The third-order valence-electron chi connectivity index (χ3n) is 3.86. The van der Waals surface area contributed by atoms with E-state index in [9.17, 15) is 4.79 Å². The molecule has 1 spiro atoms. The van der Waals surface area contributed by atoms with Crippen LogP contribution >= 0.6 is 0 Å². The van der Waals surface area contributed by atoms with Crippen molar-refractivity contribution in [3.8, 4) is 0 Å². The van der Waals surface area contributed by atoms with Crippen molar-refractivity contribution in [1.82, 2.24) is 0 Å². The number of ether oxygens (including phenoxy) is 1. The highest BCUT2D eigenvalue weighted by Gasteiger charge is 2.40. The number of rotatable bonds is 1. The van der Waals surface area contributed by atoms with Crippen LogP contribution in [0.25, 0.3) is 0 Å². The molecule has 0 bridgehead atoms. The lowest BCUT2D eigenvalue weighted by atomic mass is 9.91. The summed E-state index contributed by atoms with van der Waals surface area (Å²) in [5, 5.41) is 0. The van der Waals surface area contributed by atoms with E-state index in [1.807, 2.05) is 0 Å². The van der Waals surface area contributed by atoms with Gasteiger partial charge in [-0.2, -0.15) is 0 Å². The average molecular weight is 196 g/mol. The van der Waals surface area contributed by atoms with E-state index in [-0.39, 0.29) is 11.7 Å². The van der Waals surface area contributed by atoms with Crippen molar-refractivity contribution < 1.29 is 9.53 Å². The number of carbonyl (C=O) groups is 1. The number of aldehydes is 1. The quantitative estimate of drug-likeness (QED) is 0.603. The van der Waals surface area contributed by atoms with Gasteiger partial charge in [0.1, 0.15) is 12.4 Å². The Hall–Kier alpha value is -0.370. The Kier molecular flexibility index (Phi) is 2.91. The molecule has 2 heteroatoms. The zero-order valence-corrected chi connectivity index (χ0v) is 9.00. The molecule has 1 saturated carbocycles. The van der Waals surface area contributed by atoms with Crippen LogP contribution < -0.4 is 0 Å². The molecule has 1 saturated heterocycles. The molecule has 80 valence electrons. The smallest absolute Gasteiger partial charge is 0.148 e. The van der Waals surface area contributed by atoms with Crippen LogP contribution in [0.2, 0.25) is 0 Å². The molecule has 2 rings (SSSR count). The zero-order chi connectivity index (χ0) is 10.0. The summed E-state index contributed by atoms with van der Waals surface area (Å²) in [5.74, 6) is 0.841. The van der Waals surface area contributed by atoms with Crippen LogP contribution in [0.5, 0.6) is 0 Å². The summed E-state index contributed by atoms with van der Waals surface area (Å²) >= 11 is 0. The summed E-state index contributed by atoms with van der Waals surface area (Å²) in [6.07, 6.45) is 9.11. The Morgan fingerprint density at radius 3 is 2.71 bits per heavy atom. The number of carbonyl (C=O) groups excluding carboxylic acids is 1. The molecule has 14 heavy (non-hydrogen) atoms. The van der Waals surface area contributed by atoms with Gasteiger partial charge in [0.05, 0.1) is 5.60 Å². The van der Waals surface area contributed by atoms with Crippen LogP contribution in [0.1, 0.15) is 51.9 Å². The van der Waals surface area contributed by atoms with Gasteiger partial charge in [-0.05, 0) is 38.0 Å². The fourth-order valence-corrected chi connectivity index (χ4v) is 2.86. The van der Waals surface area contributed by atoms with E-state index >= 15 is 0 Å². The molecule has 2 nitrogen and oxygen atoms in total. The first-order valence-corrected chi connectivity index (χ1v) is 5.87. The second kappa shape index (κ2) is 4.01. The minimum atomic E-state index is -0.108. The van der Waals surface area contributed by atoms with E-state index in [0.717, 1.165) is 25.0 Å². The monoisotopic (exact) mass is 196 g/mol. The van der Waals surface area contributed by atoms with Crippen molar-refractivity contribution in [2.24, 2.45) is 5.92 Å². The van der Waals surface area contributed by atoms with E-state index < -0.39 is 0 Å². The Labute approximate surface area is 86.0 Å². The SMILES string of the molecule is CC1CCCC2(CC1)CCC(C=O)O2. The highest BCUT2D eigenvalue weighted by molar-refractivity contribution is 5.56. The number of hydrogen-bond acceptors (Lipinski definition) is 2. The first kappa shape index (κ1) is 10.2. The lowest BCUT2D eigenvalue weighted by Crippen LogP contribution is -2.28. The van der Waals surface area contributed by atoms with Crippen molar-refractivity contribution in [3.05, 3.63) is 0 Å². The average Bonchev–Trinajstić information content (AvgIpc) is 2.50. The van der Waals surface area contributed by atoms with Crippen molar-refractivity contribution >= 4 is 6.29 Å². The van der Waals surface area contributed by atoms with Gasteiger partial charge in [0.25, 0.3) is 0 Å². The summed E-state index contributed by atoms with van der Waals surface area (Å²) in [6, 6.07) is 0. The van der Waals surface area contributed by atoms with E-state index in [1.54, 1.807) is 0 Å². The van der Waals surface area contributed by atoms with Gasteiger partial charge in [0.2, 0.25) is 0 Å². The number of hydrogen-bond donors (Lipinski definition) is 0. The summed E-state index contributed by atoms with van der Waals surface area (Å²) in [7, 11) is 0. The topological polar surface area (TPSA) is 26.3 Å². The van der Waals surface area contributed by atoms with Gasteiger partial charge in [0.15, 0.2) is 0 Å². The second-order valence-electron chi connectivity index (χ2n) is 5.05. The van der Waals surface area contributed by atoms with Gasteiger partial charge in [-0.25, -0.2) is 0 Å². The molecule has 0 radical (unpaired) electrons. The fraction of sp³-hybridized carbons (Fsp3) is 0.917. The van der Waals surface area contributed by atoms with Gasteiger partial charge < -0.3 is 9.53 Å². The van der Waals surface area contributed by atoms with E-state index in [0.29, 0.717) is 0 Å². The molecule has 3 atom stereocenters. The summed E-state index contributed by atoms with van der Waals surface area (Å²) in [5.41, 5.74) is 0.0797. The minimum Gasteiger partial charge on any atom is -0.364 e. The lowest BCUT2D eigenvalue weighted by Gasteiger charge is -2.27. The third kappa shape index (κ3) is 2.00. The van der Waals surface area contributed by atoms with E-state index in [4.69, 9.17) is 4.74 Å². The van der Waals surface area contributed by atoms with Crippen molar-refractivity contribution in [2.45, 2.75) is 63.6 Å². The standard InChI is InChI=1S/C12H20O2/c1-10-3-2-6-12(7-4-10)8-5-11(9-13)14-12/h9-11H,2-8H2,1H3. The second-order valence-corrected chi connectivity index (χ2v) is 5.05. The predicted molar refractivity (Wildman–Crippen MR) is 55.2 cm³/mol. The first-order valence-electron chi connectivity index (χ1n) is 5.87. The van der Waals surface area contributed by atoms with Gasteiger partial charge in [0, 0.05) is 0 Å². The van der Waals surface area contributed by atoms with Crippen LogP contribution in [0.3, 0.4) is 0 Å². The lowest BCUT2D eigenvalue weighted by molar-refractivity contribution is -0.123. The Morgan fingerprint density at radius 1 is 1.21 bits per heavy atom. The summed E-state index contributed by atoms with van der Waals surface area (Å²) < 4.78 is 5.90. The van der Waals surface area contributed by atoms with Gasteiger partial charge in [-0.1, -0.05) is 19.8 Å². The summed E-state index contributed by atoms with van der Waals surface area (Å²) in [6.45, 7) is 2.32. The molecule has 0 aromatic rings. The Morgan fingerprint density at radius 2 is 2.00 bits per heavy atom. The van der Waals surface area contributed by atoms with Crippen molar-refractivity contribution in [1.29, 1.82) is 0 Å². The van der Waals surface area contributed by atoms with Crippen LogP contribution in [0.15, 0.2) is 0 Å². The molecular weight excluding hydrogens is 176 g/mol.